The Bertz CT molecular complexity index is 571. The lowest BCUT2D eigenvalue weighted by atomic mass is 10.3. The predicted octanol–water partition coefficient (Wildman–Crippen LogP) is 1.64. The molecule has 92 valence electrons. The van der Waals surface area contributed by atoms with Gasteiger partial charge in [0.25, 0.3) is 5.91 Å². The Morgan fingerprint density at radius 3 is 3.06 bits per heavy atom. The smallest absolute Gasteiger partial charge is 0.295 e. The van der Waals surface area contributed by atoms with Crippen LogP contribution in [0.2, 0.25) is 0 Å². The number of imidazole rings is 1. The van der Waals surface area contributed by atoms with E-state index in [1.807, 2.05) is 24.3 Å². The minimum absolute atomic E-state index is 0.220. The van der Waals surface area contributed by atoms with E-state index >= 15 is 0 Å². The van der Waals surface area contributed by atoms with Crippen LogP contribution < -0.4 is 5.32 Å². The average Bonchev–Trinajstić information content (AvgIpc) is 2.77. The summed E-state index contributed by atoms with van der Waals surface area (Å²) in [7, 11) is 0. The molecule has 4 heteroatoms. The normalized spacial score (nSPS) is 9.83. The second-order valence-corrected chi connectivity index (χ2v) is 3.94. The number of benzene rings is 1. The van der Waals surface area contributed by atoms with Crippen LogP contribution >= 0.6 is 0 Å². The molecule has 0 fully saturated rings. The number of nitrogens with one attached hydrogen (secondary N) is 2. The number of hydrogen-bond acceptors (Lipinski definition) is 2. The number of hydrogen-bond donors (Lipinski definition) is 2. The third kappa shape index (κ3) is 3.11. The van der Waals surface area contributed by atoms with Crippen LogP contribution in [0.25, 0.3) is 11.0 Å². The third-order valence-corrected chi connectivity index (χ3v) is 2.55. The highest BCUT2D eigenvalue weighted by atomic mass is 16.1. The van der Waals surface area contributed by atoms with Crippen LogP contribution in [0.15, 0.2) is 24.3 Å². The van der Waals surface area contributed by atoms with Gasteiger partial charge in [-0.15, -0.1) is 0 Å². The summed E-state index contributed by atoms with van der Waals surface area (Å²) in [6.45, 7) is 2.26. The molecular weight excluding hydrogens is 226 g/mol. The van der Waals surface area contributed by atoms with Crippen LogP contribution in [0.1, 0.15) is 19.2 Å². The van der Waals surface area contributed by atoms with Crippen molar-refractivity contribution >= 4 is 16.9 Å². The first-order valence-electron chi connectivity index (χ1n) is 5.94. The zero-order valence-electron chi connectivity index (χ0n) is 10.3. The minimum Gasteiger partial charge on any atom is -0.345 e. The molecule has 0 saturated heterocycles. The molecular formula is C14H15N3O. The summed E-state index contributed by atoms with van der Waals surface area (Å²) >= 11 is 0. The van der Waals surface area contributed by atoms with Crippen molar-refractivity contribution in [2.75, 3.05) is 6.54 Å². The summed E-state index contributed by atoms with van der Waals surface area (Å²) in [5, 5.41) is 2.73. The number of para-hydroxylation sites is 2. The second kappa shape index (κ2) is 5.87. The van der Waals surface area contributed by atoms with Crippen molar-refractivity contribution in [3.63, 3.8) is 0 Å². The molecule has 0 unspecified atom stereocenters. The Hall–Kier alpha value is -2.28. The van der Waals surface area contributed by atoms with Gasteiger partial charge in [0, 0.05) is 13.0 Å². The molecule has 1 amide bonds. The SMILES string of the molecule is CC#CC(=O)NCCCc1nc2ccccc2[nH]1. The lowest BCUT2D eigenvalue weighted by molar-refractivity contribution is -0.115. The highest BCUT2D eigenvalue weighted by molar-refractivity contribution is 5.93. The topological polar surface area (TPSA) is 57.8 Å². The Morgan fingerprint density at radius 2 is 2.28 bits per heavy atom. The Morgan fingerprint density at radius 1 is 1.44 bits per heavy atom. The number of rotatable bonds is 4. The highest BCUT2D eigenvalue weighted by Gasteiger charge is 2.01. The highest BCUT2D eigenvalue weighted by Crippen LogP contribution is 2.10. The number of carbonyl (C=O) groups is 1. The maximum atomic E-state index is 11.1. The van der Waals surface area contributed by atoms with E-state index in [4.69, 9.17) is 0 Å². The van der Waals surface area contributed by atoms with E-state index in [0.717, 1.165) is 29.7 Å². The molecule has 1 aromatic carbocycles. The summed E-state index contributed by atoms with van der Waals surface area (Å²) in [5.74, 6) is 5.74. The first-order chi connectivity index (χ1) is 8.79. The fraction of sp³-hybridized carbons (Fsp3) is 0.286. The van der Waals surface area contributed by atoms with Crippen molar-refractivity contribution in [1.29, 1.82) is 0 Å². The molecule has 2 rings (SSSR count). The molecule has 0 spiro atoms. The van der Waals surface area contributed by atoms with E-state index in [9.17, 15) is 4.79 Å². The van der Waals surface area contributed by atoms with E-state index < -0.39 is 0 Å². The van der Waals surface area contributed by atoms with Crippen LogP contribution in [0.3, 0.4) is 0 Å². The van der Waals surface area contributed by atoms with E-state index in [1.54, 1.807) is 6.92 Å². The number of fused-ring (bicyclic) bond motifs is 1. The van der Waals surface area contributed by atoms with Gasteiger partial charge in [-0.3, -0.25) is 4.79 Å². The largest absolute Gasteiger partial charge is 0.345 e. The molecule has 0 aliphatic rings. The van der Waals surface area contributed by atoms with Crippen molar-refractivity contribution in [3.05, 3.63) is 30.1 Å². The summed E-state index contributed by atoms with van der Waals surface area (Å²) in [4.78, 5) is 18.8. The number of H-pyrrole nitrogens is 1. The summed E-state index contributed by atoms with van der Waals surface area (Å²) in [5.41, 5.74) is 2.03. The third-order valence-electron chi connectivity index (χ3n) is 2.55. The van der Waals surface area contributed by atoms with Crippen LogP contribution in [0.4, 0.5) is 0 Å². The zero-order chi connectivity index (χ0) is 12.8. The first kappa shape index (κ1) is 12.2. The Labute approximate surface area is 106 Å². The van der Waals surface area contributed by atoms with Crippen LogP contribution in [0, 0.1) is 11.8 Å². The maximum Gasteiger partial charge on any atom is 0.295 e. The molecule has 0 radical (unpaired) electrons. The van der Waals surface area contributed by atoms with Gasteiger partial charge in [-0.05, 0) is 31.4 Å². The number of aryl methyl sites for hydroxylation is 1. The average molecular weight is 241 g/mol. The van der Waals surface area contributed by atoms with Crippen LogP contribution in [0.5, 0.6) is 0 Å². The molecule has 0 atom stereocenters. The van der Waals surface area contributed by atoms with Gasteiger partial charge < -0.3 is 10.3 Å². The second-order valence-electron chi connectivity index (χ2n) is 3.94. The molecule has 2 N–H and O–H groups in total. The van der Waals surface area contributed by atoms with Crippen LogP contribution in [-0.2, 0) is 11.2 Å². The van der Waals surface area contributed by atoms with Gasteiger partial charge in [0.15, 0.2) is 0 Å². The minimum atomic E-state index is -0.220. The quantitative estimate of drug-likeness (QED) is 0.631. The summed E-state index contributed by atoms with van der Waals surface area (Å²) < 4.78 is 0. The number of aromatic amines is 1. The van der Waals surface area contributed by atoms with Gasteiger partial charge in [0.2, 0.25) is 0 Å². The molecule has 0 bridgehead atoms. The zero-order valence-corrected chi connectivity index (χ0v) is 10.3. The molecule has 1 heterocycles. The van der Waals surface area contributed by atoms with Gasteiger partial charge in [-0.2, -0.15) is 0 Å². The number of carbonyl (C=O) groups excluding carboxylic acids is 1. The van der Waals surface area contributed by atoms with Gasteiger partial charge in [-0.1, -0.05) is 18.1 Å². The molecule has 1 aromatic heterocycles. The summed E-state index contributed by atoms with van der Waals surface area (Å²) in [6.07, 6.45) is 1.66. The maximum absolute atomic E-state index is 11.1. The van der Waals surface area contributed by atoms with E-state index in [2.05, 4.69) is 27.1 Å². The molecule has 0 aliphatic carbocycles. The van der Waals surface area contributed by atoms with E-state index in [1.165, 1.54) is 0 Å². The first-order valence-corrected chi connectivity index (χ1v) is 5.94. The lowest BCUT2D eigenvalue weighted by Gasteiger charge is -1.98. The van der Waals surface area contributed by atoms with Crippen molar-refractivity contribution in [2.24, 2.45) is 0 Å². The fourth-order valence-corrected chi connectivity index (χ4v) is 1.74. The summed E-state index contributed by atoms with van der Waals surface area (Å²) in [6, 6.07) is 7.93. The Kier molecular flexibility index (Phi) is 3.98. The molecule has 18 heavy (non-hydrogen) atoms. The Balaban J connectivity index is 1.83. The standard InChI is InChI=1S/C14H15N3O/c1-2-6-14(18)15-10-5-9-13-16-11-7-3-4-8-12(11)17-13/h3-4,7-8H,5,9-10H2,1H3,(H,15,18)(H,16,17). The number of aromatic nitrogens is 2. The van der Waals surface area contributed by atoms with Gasteiger partial charge in [0.1, 0.15) is 5.82 Å². The van der Waals surface area contributed by atoms with Gasteiger partial charge in [0.05, 0.1) is 11.0 Å². The lowest BCUT2D eigenvalue weighted by Crippen LogP contribution is -2.22. The van der Waals surface area contributed by atoms with Crippen molar-refractivity contribution in [3.8, 4) is 11.8 Å². The van der Waals surface area contributed by atoms with Crippen molar-refractivity contribution < 1.29 is 4.79 Å². The molecule has 0 saturated carbocycles. The van der Waals surface area contributed by atoms with Crippen molar-refractivity contribution in [1.82, 2.24) is 15.3 Å². The number of nitrogens with zero attached hydrogens (tertiary/aromatic N) is 1. The predicted molar refractivity (Wildman–Crippen MR) is 70.9 cm³/mol. The molecule has 0 aliphatic heterocycles. The molecule has 4 nitrogen and oxygen atoms in total. The van der Waals surface area contributed by atoms with Crippen molar-refractivity contribution in [2.45, 2.75) is 19.8 Å². The van der Waals surface area contributed by atoms with Gasteiger partial charge >= 0.3 is 0 Å². The monoisotopic (exact) mass is 241 g/mol. The number of amides is 1. The fourth-order valence-electron chi connectivity index (χ4n) is 1.74. The molecule has 2 aromatic rings. The van der Waals surface area contributed by atoms with Gasteiger partial charge in [-0.25, -0.2) is 4.98 Å². The van der Waals surface area contributed by atoms with E-state index in [0.29, 0.717) is 6.54 Å². The van der Waals surface area contributed by atoms with E-state index in [-0.39, 0.29) is 5.91 Å². The van der Waals surface area contributed by atoms with Crippen LogP contribution in [-0.4, -0.2) is 22.4 Å².